The van der Waals surface area contributed by atoms with E-state index in [0.29, 0.717) is 12.1 Å². The molecule has 0 N–H and O–H groups in total. The Hall–Kier alpha value is -2.70. The van der Waals surface area contributed by atoms with Crippen LogP contribution in [-0.4, -0.2) is 49.7 Å². The van der Waals surface area contributed by atoms with Crippen molar-refractivity contribution in [2.24, 2.45) is 7.05 Å². The number of hydrogen-bond donors (Lipinski definition) is 0. The number of aryl methyl sites for hydroxylation is 3. The van der Waals surface area contributed by atoms with Crippen molar-refractivity contribution in [3.05, 3.63) is 36.2 Å². The van der Waals surface area contributed by atoms with Crippen molar-refractivity contribution in [1.82, 2.24) is 24.5 Å². The lowest BCUT2D eigenvalue weighted by atomic mass is 9.87. The molecular formula is C18H21N7. The zero-order chi connectivity index (χ0) is 17.1. The van der Waals surface area contributed by atoms with Crippen molar-refractivity contribution in [3.63, 3.8) is 0 Å². The Balaban J connectivity index is 1.45. The van der Waals surface area contributed by atoms with Gasteiger partial charge in [0.1, 0.15) is 29.4 Å². The molecule has 0 spiro atoms. The maximum Gasteiger partial charge on any atom is 0.145 e. The van der Waals surface area contributed by atoms with Crippen LogP contribution in [-0.2, 0) is 7.05 Å². The van der Waals surface area contributed by atoms with Crippen LogP contribution in [0.3, 0.4) is 0 Å². The van der Waals surface area contributed by atoms with E-state index in [1.54, 1.807) is 6.33 Å². The van der Waals surface area contributed by atoms with E-state index in [1.165, 1.54) is 6.42 Å². The fourth-order valence-corrected chi connectivity index (χ4v) is 4.27. The molecule has 0 amide bonds. The predicted octanol–water partition coefficient (Wildman–Crippen LogP) is 1.84. The second-order valence-electron chi connectivity index (χ2n) is 7.13. The van der Waals surface area contributed by atoms with E-state index in [0.717, 1.165) is 47.3 Å². The number of hydrogen-bond acceptors (Lipinski definition) is 6. The van der Waals surface area contributed by atoms with Crippen LogP contribution in [0, 0.1) is 13.8 Å². The summed E-state index contributed by atoms with van der Waals surface area (Å²) in [6.07, 6.45) is 4.95. The summed E-state index contributed by atoms with van der Waals surface area (Å²) in [6, 6.07) is 5.16. The van der Waals surface area contributed by atoms with Crippen LogP contribution in [0.25, 0.3) is 11.0 Å². The summed E-state index contributed by atoms with van der Waals surface area (Å²) in [5, 5.41) is 1.14. The van der Waals surface area contributed by atoms with Crippen LogP contribution < -0.4 is 9.80 Å². The van der Waals surface area contributed by atoms with E-state index < -0.39 is 0 Å². The van der Waals surface area contributed by atoms with Gasteiger partial charge in [0.05, 0.1) is 17.5 Å². The second-order valence-corrected chi connectivity index (χ2v) is 7.13. The molecular weight excluding hydrogens is 314 g/mol. The number of nitrogens with zero attached hydrogens (tertiary/aromatic N) is 7. The Bertz CT molecular complexity index is 931. The number of anilines is 2. The summed E-state index contributed by atoms with van der Waals surface area (Å²) in [7, 11) is 2.03. The zero-order valence-electron chi connectivity index (χ0n) is 14.7. The smallest absolute Gasteiger partial charge is 0.145 e. The third-order valence-corrected chi connectivity index (χ3v) is 5.36. The van der Waals surface area contributed by atoms with Gasteiger partial charge in [-0.1, -0.05) is 0 Å². The van der Waals surface area contributed by atoms with E-state index in [4.69, 9.17) is 0 Å². The number of piperidine rings is 1. The van der Waals surface area contributed by atoms with Gasteiger partial charge in [-0.05, 0) is 26.3 Å². The molecule has 3 aliphatic heterocycles. The molecule has 3 aromatic rings. The molecule has 3 fully saturated rings. The highest BCUT2D eigenvalue weighted by Gasteiger charge is 2.46. The first-order valence-corrected chi connectivity index (χ1v) is 8.72. The minimum Gasteiger partial charge on any atom is -0.352 e. The molecule has 3 saturated heterocycles. The predicted molar refractivity (Wildman–Crippen MR) is 96.9 cm³/mol. The summed E-state index contributed by atoms with van der Waals surface area (Å²) in [6.45, 7) is 5.94. The summed E-state index contributed by atoms with van der Waals surface area (Å²) >= 11 is 0. The molecule has 7 nitrogen and oxygen atoms in total. The van der Waals surface area contributed by atoms with Gasteiger partial charge in [-0.2, -0.15) is 0 Å². The third-order valence-electron chi connectivity index (χ3n) is 5.36. The highest BCUT2D eigenvalue weighted by atomic mass is 15.4. The van der Waals surface area contributed by atoms with Crippen LogP contribution in [0.2, 0.25) is 0 Å². The molecule has 0 radical (unpaired) electrons. The Kier molecular flexibility index (Phi) is 3.01. The third kappa shape index (κ3) is 2.18. The number of aromatic nitrogens is 5. The largest absolute Gasteiger partial charge is 0.352 e. The maximum atomic E-state index is 4.63. The fourth-order valence-electron chi connectivity index (χ4n) is 4.27. The molecule has 2 unspecified atom stereocenters. The van der Waals surface area contributed by atoms with Gasteiger partial charge >= 0.3 is 0 Å². The summed E-state index contributed by atoms with van der Waals surface area (Å²) < 4.78 is 2.05. The van der Waals surface area contributed by atoms with E-state index in [9.17, 15) is 0 Å². The quantitative estimate of drug-likeness (QED) is 0.712. The van der Waals surface area contributed by atoms with Gasteiger partial charge in [0, 0.05) is 38.1 Å². The number of rotatable bonds is 2. The monoisotopic (exact) mass is 335 g/mol. The Morgan fingerprint density at radius 2 is 1.88 bits per heavy atom. The Labute approximate surface area is 146 Å². The molecule has 3 aromatic heterocycles. The maximum absolute atomic E-state index is 4.63. The van der Waals surface area contributed by atoms with Gasteiger partial charge in [0.25, 0.3) is 0 Å². The number of piperazine rings is 1. The van der Waals surface area contributed by atoms with Gasteiger partial charge < -0.3 is 14.4 Å². The van der Waals surface area contributed by atoms with Gasteiger partial charge in [0.15, 0.2) is 0 Å². The van der Waals surface area contributed by atoms with Crippen LogP contribution in [0.4, 0.5) is 11.6 Å². The molecule has 6 rings (SSSR count). The minimum absolute atomic E-state index is 0.479. The van der Waals surface area contributed by atoms with Crippen molar-refractivity contribution in [2.75, 3.05) is 22.9 Å². The first-order chi connectivity index (χ1) is 12.1. The highest BCUT2D eigenvalue weighted by molar-refractivity contribution is 5.88. The number of fused-ring (bicyclic) bond motifs is 3. The average Bonchev–Trinajstić information content (AvgIpc) is 2.96. The van der Waals surface area contributed by atoms with Gasteiger partial charge in [-0.3, -0.25) is 0 Å². The molecule has 128 valence electrons. The van der Waals surface area contributed by atoms with Crippen molar-refractivity contribution in [3.8, 4) is 0 Å². The van der Waals surface area contributed by atoms with Crippen molar-refractivity contribution < 1.29 is 0 Å². The summed E-state index contributed by atoms with van der Waals surface area (Å²) in [4.78, 5) is 22.9. The zero-order valence-corrected chi connectivity index (χ0v) is 14.7. The van der Waals surface area contributed by atoms with Gasteiger partial charge in [0.2, 0.25) is 0 Å². The van der Waals surface area contributed by atoms with Crippen molar-refractivity contribution in [2.45, 2.75) is 32.4 Å². The lowest BCUT2D eigenvalue weighted by molar-refractivity contribution is 0.288. The van der Waals surface area contributed by atoms with Gasteiger partial charge in [-0.25, -0.2) is 19.9 Å². The van der Waals surface area contributed by atoms with Crippen molar-refractivity contribution >= 4 is 22.7 Å². The summed E-state index contributed by atoms with van der Waals surface area (Å²) in [5.41, 5.74) is 2.02. The van der Waals surface area contributed by atoms with E-state index >= 15 is 0 Å². The van der Waals surface area contributed by atoms with Gasteiger partial charge in [-0.15, -0.1) is 0 Å². The van der Waals surface area contributed by atoms with E-state index in [-0.39, 0.29) is 0 Å². The average molecular weight is 335 g/mol. The molecule has 0 aromatic carbocycles. The Morgan fingerprint density at radius 3 is 2.64 bits per heavy atom. The van der Waals surface area contributed by atoms with Crippen LogP contribution in [0.15, 0.2) is 24.7 Å². The first kappa shape index (κ1) is 14.6. The first-order valence-electron chi connectivity index (χ1n) is 8.72. The molecule has 2 bridgehead atoms. The molecule has 6 heterocycles. The van der Waals surface area contributed by atoms with E-state index in [2.05, 4.69) is 52.6 Å². The standard InChI is InChI=1S/C18H21N7/c1-11-6-16(22-12(2)21-11)24-8-13-7-14(9-24)25(13)18-15-4-5-23(3)17(15)19-10-20-18/h4-6,10,13-14H,7-9H2,1-3H3. The van der Waals surface area contributed by atoms with Crippen LogP contribution in [0.1, 0.15) is 17.9 Å². The molecule has 2 atom stereocenters. The van der Waals surface area contributed by atoms with E-state index in [1.807, 2.05) is 20.9 Å². The van der Waals surface area contributed by atoms with Crippen LogP contribution in [0.5, 0.6) is 0 Å². The SMILES string of the molecule is Cc1cc(N2CC3CC(C2)N3c2ncnc3c2ccn3C)nc(C)n1. The minimum atomic E-state index is 0.479. The topological polar surface area (TPSA) is 63.0 Å². The fraction of sp³-hybridized carbons (Fsp3) is 0.444. The second kappa shape index (κ2) is 5.15. The molecule has 7 heteroatoms. The van der Waals surface area contributed by atoms with Crippen molar-refractivity contribution in [1.29, 1.82) is 0 Å². The van der Waals surface area contributed by atoms with Crippen LogP contribution >= 0.6 is 0 Å². The molecule has 0 saturated carbocycles. The molecule has 3 aliphatic rings. The Morgan fingerprint density at radius 1 is 1.08 bits per heavy atom. The lowest BCUT2D eigenvalue weighted by Crippen LogP contribution is -2.69. The molecule has 0 aliphatic carbocycles. The highest BCUT2D eigenvalue weighted by Crippen LogP contribution is 2.39. The summed E-state index contributed by atoms with van der Waals surface area (Å²) in [5.74, 6) is 2.96. The lowest BCUT2D eigenvalue weighted by Gasteiger charge is -2.57. The molecule has 25 heavy (non-hydrogen) atoms. The normalized spacial score (nSPS) is 22.4.